The van der Waals surface area contributed by atoms with Gasteiger partial charge in [-0.3, -0.25) is 4.79 Å². The van der Waals surface area contributed by atoms with Crippen LogP contribution in [0.3, 0.4) is 0 Å². The number of ether oxygens (including phenoxy) is 1. The van der Waals surface area contributed by atoms with Crippen molar-refractivity contribution in [2.45, 2.75) is 77.0 Å². The fourth-order valence-corrected chi connectivity index (χ4v) is 4.26. The quantitative estimate of drug-likeness (QED) is 0.366. The smallest absolute Gasteiger partial charge is 0.303 e. The van der Waals surface area contributed by atoms with E-state index in [9.17, 15) is 14.3 Å². The van der Waals surface area contributed by atoms with Crippen molar-refractivity contribution in [1.29, 1.82) is 0 Å². The van der Waals surface area contributed by atoms with Crippen LogP contribution in [0.25, 0.3) is 0 Å². The van der Waals surface area contributed by atoms with E-state index in [4.69, 9.17) is 9.72 Å². The average molecular weight is 443 g/mol. The fraction of sp³-hybridized carbons (Fsp3) is 0.538. The molecular weight excluding hydrogens is 407 g/mol. The number of unbranched alkanes of at least 4 members (excludes halogenated alkanes) is 3. The summed E-state index contributed by atoms with van der Waals surface area (Å²) < 4.78 is 19.7. The zero-order valence-electron chi connectivity index (χ0n) is 19.0. The van der Waals surface area contributed by atoms with Gasteiger partial charge in [0.05, 0.1) is 13.0 Å². The molecule has 0 saturated carbocycles. The highest BCUT2D eigenvalue weighted by atomic mass is 19.1. The third-order valence-corrected chi connectivity index (χ3v) is 6.00. The van der Waals surface area contributed by atoms with Crippen molar-refractivity contribution in [3.05, 3.63) is 53.0 Å². The van der Waals surface area contributed by atoms with E-state index < -0.39 is 11.8 Å². The first-order valence-electron chi connectivity index (χ1n) is 11.9. The van der Waals surface area contributed by atoms with Gasteiger partial charge in [0.25, 0.3) is 0 Å². The lowest BCUT2D eigenvalue weighted by Gasteiger charge is -2.17. The summed E-state index contributed by atoms with van der Waals surface area (Å²) in [5, 5.41) is 12.7. The molecule has 0 aliphatic carbocycles. The molecule has 3 rings (SSSR count). The van der Waals surface area contributed by atoms with E-state index >= 15 is 0 Å². The summed E-state index contributed by atoms with van der Waals surface area (Å²) >= 11 is 0. The molecule has 1 aliphatic heterocycles. The highest BCUT2D eigenvalue weighted by molar-refractivity contribution is 5.68. The second-order valence-electron chi connectivity index (χ2n) is 8.63. The molecule has 0 amide bonds. The average Bonchev–Trinajstić information content (AvgIpc) is 2.79. The van der Waals surface area contributed by atoms with Crippen LogP contribution < -0.4 is 10.1 Å². The molecule has 0 unspecified atom stereocenters. The van der Waals surface area contributed by atoms with E-state index in [0.717, 1.165) is 75.0 Å². The number of pyridine rings is 1. The Labute approximate surface area is 190 Å². The Bertz CT molecular complexity index is 887. The van der Waals surface area contributed by atoms with Crippen LogP contribution in [0.2, 0.25) is 0 Å². The third kappa shape index (κ3) is 7.21. The number of nitrogens with zero attached hydrogens (tertiary/aromatic N) is 1. The minimum absolute atomic E-state index is 0.0145. The first-order valence-corrected chi connectivity index (χ1v) is 11.9. The molecule has 0 bridgehead atoms. The maximum absolute atomic E-state index is 14.3. The molecule has 2 heterocycles. The van der Waals surface area contributed by atoms with Gasteiger partial charge in [0, 0.05) is 12.2 Å². The number of aryl methyl sites for hydroxylation is 2. The van der Waals surface area contributed by atoms with Gasteiger partial charge in [0.2, 0.25) is 0 Å². The SMILES string of the molecule is CCCOc1ccc([C@@H](CCCCCCc2ccc3c(n2)NCCC3)CC(=O)O)cc1F. The standard InChI is InChI=1S/C26H35FN2O3/c1-2-16-32-24-14-12-21(17-23(24)27)20(18-25(30)31)8-5-3-4-6-10-22-13-11-19-9-7-15-28-26(19)29-22/h11-14,17,20H,2-10,15-16,18H2,1H3,(H,28,29)(H,30,31)/t20-/m0/s1. The molecule has 2 N–H and O–H groups in total. The molecular formula is C26H35FN2O3. The van der Waals surface area contributed by atoms with Gasteiger partial charge in [-0.2, -0.15) is 0 Å². The van der Waals surface area contributed by atoms with Crippen molar-refractivity contribution in [2.75, 3.05) is 18.5 Å². The van der Waals surface area contributed by atoms with Gasteiger partial charge >= 0.3 is 5.97 Å². The largest absolute Gasteiger partial charge is 0.491 e. The molecule has 0 fully saturated rings. The Morgan fingerprint density at radius 1 is 1.22 bits per heavy atom. The molecule has 174 valence electrons. The lowest BCUT2D eigenvalue weighted by molar-refractivity contribution is -0.137. The molecule has 1 aromatic heterocycles. The number of fused-ring (bicyclic) bond motifs is 1. The molecule has 1 atom stereocenters. The molecule has 5 nitrogen and oxygen atoms in total. The highest BCUT2D eigenvalue weighted by Gasteiger charge is 2.17. The van der Waals surface area contributed by atoms with Crippen molar-refractivity contribution in [3.63, 3.8) is 0 Å². The van der Waals surface area contributed by atoms with Crippen LogP contribution in [-0.2, 0) is 17.6 Å². The predicted octanol–water partition coefficient (Wildman–Crippen LogP) is 6.12. The number of nitrogens with one attached hydrogen (secondary N) is 1. The summed E-state index contributed by atoms with van der Waals surface area (Å²) in [5.74, 6) is -0.179. The Kier molecular flexibility index (Phi) is 9.32. The number of carboxylic acids is 1. The van der Waals surface area contributed by atoms with Gasteiger partial charge in [-0.25, -0.2) is 9.37 Å². The molecule has 2 aromatic rings. The van der Waals surface area contributed by atoms with Crippen LogP contribution >= 0.6 is 0 Å². The van der Waals surface area contributed by atoms with Crippen molar-refractivity contribution in [1.82, 2.24) is 4.98 Å². The van der Waals surface area contributed by atoms with Crippen LogP contribution in [0, 0.1) is 5.82 Å². The van der Waals surface area contributed by atoms with Gasteiger partial charge in [0.15, 0.2) is 11.6 Å². The number of benzene rings is 1. The van der Waals surface area contributed by atoms with Crippen LogP contribution in [0.5, 0.6) is 5.75 Å². The first kappa shape index (κ1) is 24.0. The van der Waals surface area contributed by atoms with Crippen molar-refractivity contribution in [3.8, 4) is 5.75 Å². The van der Waals surface area contributed by atoms with Crippen molar-refractivity contribution in [2.24, 2.45) is 0 Å². The number of anilines is 1. The minimum Gasteiger partial charge on any atom is -0.491 e. The summed E-state index contributed by atoms with van der Waals surface area (Å²) in [5.41, 5.74) is 3.17. The summed E-state index contributed by atoms with van der Waals surface area (Å²) in [7, 11) is 0. The molecule has 0 saturated heterocycles. The normalized spacial score (nSPS) is 13.8. The van der Waals surface area contributed by atoms with E-state index in [1.165, 1.54) is 18.1 Å². The van der Waals surface area contributed by atoms with E-state index in [2.05, 4.69) is 17.4 Å². The molecule has 1 aliphatic rings. The lowest BCUT2D eigenvalue weighted by atomic mass is 9.90. The minimum atomic E-state index is -0.853. The summed E-state index contributed by atoms with van der Waals surface area (Å²) in [6.07, 6.45) is 8.87. The number of hydrogen-bond donors (Lipinski definition) is 2. The van der Waals surface area contributed by atoms with E-state index in [0.29, 0.717) is 6.61 Å². The first-order chi connectivity index (χ1) is 15.6. The van der Waals surface area contributed by atoms with Crippen molar-refractivity contribution < 1.29 is 19.0 Å². The monoisotopic (exact) mass is 442 g/mol. The van der Waals surface area contributed by atoms with E-state index in [1.807, 2.05) is 6.92 Å². The van der Waals surface area contributed by atoms with Crippen LogP contribution in [0.15, 0.2) is 30.3 Å². The van der Waals surface area contributed by atoms with Gasteiger partial charge in [-0.1, -0.05) is 38.3 Å². The predicted molar refractivity (Wildman–Crippen MR) is 125 cm³/mol. The maximum atomic E-state index is 14.3. The van der Waals surface area contributed by atoms with Gasteiger partial charge in [0.1, 0.15) is 5.82 Å². The maximum Gasteiger partial charge on any atom is 0.303 e. The number of carboxylic acid groups (broad SMARTS) is 1. The number of hydrogen-bond acceptors (Lipinski definition) is 4. The van der Waals surface area contributed by atoms with E-state index in [1.54, 1.807) is 12.1 Å². The Morgan fingerprint density at radius 3 is 2.84 bits per heavy atom. The molecule has 0 spiro atoms. The van der Waals surface area contributed by atoms with Gasteiger partial charge < -0.3 is 15.2 Å². The highest BCUT2D eigenvalue weighted by Crippen LogP contribution is 2.30. The molecule has 1 aromatic carbocycles. The third-order valence-electron chi connectivity index (χ3n) is 6.00. The topological polar surface area (TPSA) is 71.5 Å². The number of aromatic nitrogens is 1. The summed E-state index contributed by atoms with van der Waals surface area (Å²) in [6.45, 7) is 3.43. The number of carbonyl (C=O) groups is 1. The summed E-state index contributed by atoms with van der Waals surface area (Å²) in [4.78, 5) is 16.1. The number of aliphatic carboxylic acids is 1. The van der Waals surface area contributed by atoms with E-state index in [-0.39, 0.29) is 18.1 Å². The van der Waals surface area contributed by atoms with Crippen LogP contribution in [0.4, 0.5) is 10.2 Å². The molecule has 32 heavy (non-hydrogen) atoms. The second kappa shape index (κ2) is 12.4. The zero-order valence-corrected chi connectivity index (χ0v) is 19.0. The fourth-order valence-electron chi connectivity index (χ4n) is 4.26. The Balaban J connectivity index is 1.44. The van der Waals surface area contributed by atoms with Gasteiger partial charge in [-0.15, -0.1) is 0 Å². The van der Waals surface area contributed by atoms with Crippen LogP contribution in [-0.4, -0.2) is 29.2 Å². The lowest BCUT2D eigenvalue weighted by Crippen LogP contribution is -2.13. The second-order valence-corrected chi connectivity index (χ2v) is 8.63. The Morgan fingerprint density at radius 2 is 2.06 bits per heavy atom. The Hall–Kier alpha value is -2.63. The molecule has 6 heteroatoms. The van der Waals surface area contributed by atoms with Gasteiger partial charge in [-0.05, 0) is 73.8 Å². The number of halogens is 1. The summed E-state index contributed by atoms with van der Waals surface area (Å²) in [6, 6.07) is 9.19. The zero-order chi connectivity index (χ0) is 22.8. The number of rotatable bonds is 13. The van der Waals surface area contributed by atoms with Crippen LogP contribution in [0.1, 0.15) is 81.0 Å². The van der Waals surface area contributed by atoms with Crippen molar-refractivity contribution >= 4 is 11.8 Å². The molecule has 0 radical (unpaired) electrons.